The molecule has 3 aromatic rings. The van der Waals surface area contributed by atoms with Gasteiger partial charge < -0.3 is 9.80 Å². The van der Waals surface area contributed by atoms with Gasteiger partial charge in [-0.25, -0.2) is 14.5 Å². The Balaban J connectivity index is 1.51. The van der Waals surface area contributed by atoms with Crippen LogP contribution < -0.4 is 4.90 Å². The van der Waals surface area contributed by atoms with Crippen LogP contribution in [0.5, 0.6) is 0 Å². The average Bonchev–Trinajstić information content (AvgIpc) is 3.03. The number of fused-ring (bicyclic) bond motifs is 1. The highest BCUT2D eigenvalue weighted by Crippen LogP contribution is 2.15. The second-order valence-corrected chi connectivity index (χ2v) is 6.31. The number of piperazine rings is 1. The number of anilines is 1. The number of aryl methyl sites for hydroxylation is 2. The lowest BCUT2D eigenvalue weighted by molar-refractivity contribution is 0.0740. The maximum atomic E-state index is 12.8. The Morgan fingerprint density at radius 3 is 2.60 bits per heavy atom. The van der Waals surface area contributed by atoms with Crippen molar-refractivity contribution in [2.24, 2.45) is 0 Å². The van der Waals surface area contributed by atoms with Crippen molar-refractivity contribution in [3.8, 4) is 0 Å². The molecular formula is C18H20N6O. The van der Waals surface area contributed by atoms with Crippen molar-refractivity contribution in [2.75, 3.05) is 31.1 Å². The monoisotopic (exact) mass is 336 g/mol. The van der Waals surface area contributed by atoms with Gasteiger partial charge in [0.2, 0.25) is 0 Å². The van der Waals surface area contributed by atoms with Crippen LogP contribution in [0.2, 0.25) is 0 Å². The topological polar surface area (TPSA) is 66.6 Å². The van der Waals surface area contributed by atoms with Gasteiger partial charge in [-0.3, -0.25) is 4.79 Å². The molecule has 0 N–H and O–H groups in total. The van der Waals surface area contributed by atoms with E-state index in [2.05, 4.69) is 20.0 Å². The van der Waals surface area contributed by atoms with E-state index in [1.807, 2.05) is 49.1 Å². The molecule has 25 heavy (non-hydrogen) atoms. The molecule has 1 aliphatic rings. The van der Waals surface area contributed by atoms with Gasteiger partial charge in [-0.15, -0.1) is 0 Å². The molecule has 0 saturated carbocycles. The SMILES string of the molecule is Cc1cc2nc(C(=O)N3CCN(c4ccccn4)CC3)cc(C)n2n1. The highest BCUT2D eigenvalue weighted by molar-refractivity contribution is 5.93. The molecule has 0 bridgehead atoms. The van der Waals surface area contributed by atoms with E-state index in [0.717, 1.165) is 30.3 Å². The number of nitrogens with zero attached hydrogens (tertiary/aromatic N) is 6. The normalized spacial score (nSPS) is 15.0. The molecule has 0 spiro atoms. The zero-order valence-corrected chi connectivity index (χ0v) is 14.4. The second-order valence-electron chi connectivity index (χ2n) is 6.31. The highest BCUT2D eigenvalue weighted by atomic mass is 16.2. The number of hydrogen-bond donors (Lipinski definition) is 0. The summed E-state index contributed by atoms with van der Waals surface area (Å²) in [5.74, 6) is 0.935. The molecular weight excluding hydrogens is 316 g/mol. The minimum atomic E-state index is -0.0230. The number of carbonyl (C=O) groups is 1. The fourth-order valence-corrected chi connectivity index (χ4v) is 3.19. The summed E-state index contributed by atoms with van der Waals surface area (Å²) < 4.78 is 1.77. The third-order valence-electron chi connectivity index (χ3n) is 4.49. The van der Waals surface area contributed by atoms with E-state index in [4.69, 9.17) is 0 Å². The Morgan fingerprint density at radius 1 is 1.08 bits per heavy atom. The van der Waals surface area contributed by atoms with Crippen LogP contribution in [0.1, 0.15) is 21.9 Å². The zero-order chi connectivity index (χ0) is 17.4. The van der Waals surface area contributed by atoms with Gasteiger partial charge in [0.25, 0.3) is 5.91 Å². The van der Waals surface area contributed by atoms with Gasteiger partial charge in [-0.2, -0.15) is 5.10 Å². The first kappa shape index (κ1) is 15.6. The first-order chi connectivity index (χ1) is 12.1. The summed E-state index contributed by atoms with van der Waals surface area (Å²) in [5, 5.41) is 4.38. The van der Waals surface area contributed by atoms with E-state index >= 15 is 0 Å². The standard InChI is InChI=1S/C18H20N6O/c1-13-11-17-20-15(12-14(2)24(17)21-13)18(25)23-9-7-22(8-10-23)16-5-3-4-6-19-16/h3-6,11-12H,7-10H2,1-2H3. The van der Waals surface area contributed by atoms with Crippen LogP contribution in [0.3, 0.4) is 0 Å². The predicted molar refractivity (Wildman–Crippen MR) is 94.8 cm³/mol. The number of rotatable bonds is 2. The first-order valence-corrected chi connectivity index (χ1v) is 8.41. The minimum Gasteiger partial charge on any atom is -0.353 e. The van der Waals surface area contributed by atoms with Gasteiger partial charge in [-0.05, 0) is 32.0 Å². The van der Waals surface area contributed by atoms with Gasteiger partial charge in [0.05, 0.1) is 5.69 Å². The molecule has 1 aliphatic heterocycles. The summed E-state index contributed by atoms with van der Waals surface area (Å²) in [6.45, 7) is 6.74. The van der Waals surface area contributed by atoms with E-state index in [0.29, 0.717) is 24.4 Å². The molecule has 0 radical (unpaired) electrons. The molecule has 4 rings (SSSR count). The number of carbonyl (C=O) groups excluding carboxylic acids is 1. The molecule has 0 aliphatic carbocycles. The van der Waals surface area contributed by atoms with Crippen LogP contribution >= 0.6 is 0 Å². The fraction of sp³-hybridized carbons (Fsp3) is 0.333. The predicted octanol–water partition coefficient (Wildman–Crippen LogP) is 1.70. The Bertz CT molecular complexity index is 912. The summed E-state index contributed by atoms with van der Waals surface area (Å²) in [7, 11) is 0. The molecule has 0 unspecified atom stereocenters. The van der Waals surface area contributed by atoms with Crippen molar-refractivity contribution in [3.63, 3.8) is 0 Å². The highest BCUT2D eigenvalue weighted by Gasteiger charge is 2.24. The van der Waals surface area contributed by atoms with Crippen molar-refractivity contribution in [1.82, 2.24) is 24.5 Å². The van der Waals surface area contributed by atoms with E-state index in [1.54, 1.807) is 10.7 Å². The van der Waals surface area contributed by atoms with Gasteiger partial charge in [-0.1, -0.05) is 6.07 Å². The number of hydrogen-bond acceptors (Lipinski definition) is 5. The molecule has 128 valence electrons. The lowest BCUT2D eigenvalue weighted by atomic mass is 10.2. The zero-order valence-electron chi connectivity index (χ0n) is 14.4. The summed E-state index contributed by atoms with van der Waals surface area (Å²) in [6.07, 6.45) is 1.79. The van der Waals surface area contributed by atoms with E-state index in [-0.39, 0.29) is 5.91 Å². The Morgan fingerprint density at radius 2 is 1.88 bits per heavy atom. The second kappa shape index (κ2) is 6.16. The van der Waals surface area contributed by atoms with Gasteiger partial charge >= 0.3 is 0 Å². The van der Waals surface area contributed by atoms with Crippen LogP contribution in [0.4, 0.5) is 5.82 Å². The molecule has 1 saturated heterocycles. The first-order valence-electron chi connectivity index (χ1n) is 8.41. The molecule has 1 amide bonds. The maximum absolute atomic E-state index is 12.8. The van der Waals surface area contributed by atoms with Crippen LogP contribution in [-0.4, -0.2) is 56.6 Å². The smallest absolute Gasteiger partial charge is 0.272 e. The Labute approximate surface area is 145 Å². The third kappa shape index (κ3) is 2.93. The molecule has 0 aromatic carbocycles. The summed E-state index contributed by atoms with van der Waals surface area (Å²) in [5.41, 5.74) is 3.00. The molecule has 7 nitrogen and oxygen atoms in total. The number of pyridine rings is 1. The molecule has 3 aromatic heterocycles. The van der Waals surface area contributed by atoms with E-state index < -0.39 is 0 Å². The maximum Gasteiger partial charge on any atom is 0.272 e. The summed E-state index contributed by atoms with van der Waals surface area (Å²) in [4.78, 5) is 25.8. The number of amides is 1. The van der Waals surface area contributed by atoms with E-state index in [9.17, 15) is 4.79 Å². The number of aromatic nitrogens is 4. The molecule has 0 atom stereocenters. The summed E-state index contributed by atoms with van der Waals surface area (Å²) >= 11 is 0. The van der Waals surface area contributed by atoms with Crippen molar-refractivity contribution in [3.05, 3.63) is 53.6 Å². The largest absolute Gasteiger partial charge is 0.353 e. The lowest BCUT2D eigenvalue weighted by Crippen LogP contribution is -2.49. The molecule has 4 heterocycles. The van der Waals surface area contributed by atoms with Gasteiger partial charge in [0, 0.05) is 44.1 Å². The van der Waals surface area contributed by atoms with Crippen LogP contribution in [0.15, 0.2) is 36.5 Å². The van der Waals surface area contributed by atoms with Crippen LogP contribution in [-0.2, 0) is 0 Å². The Kier molecular flexibility index (Phi) is 3.83. The van der Waals surface area contributed by atoms with Crippen molar-refractivity contribution >= 4 is 17.4 Å². The van der Waals surface area contributed by atoms with Crippen molar-refractivity contribution < 1.29 is 4.79 Å². The quantitative estimate of drug-likeness (QED) is 0.713. The van der Waals surface area contributed by atoms with Crippen molar-refractivity contribution in [1.29, 1.82) is 0 Å². The van der Waals surface area contributed by atoms with Crippen LogP contribution in [0.25, 0.3) is 5.65 Å². The minimum absolute atomic E-state index is 0.0230. The van der Waals surface area contributed by atoms with Crippen molar-refractivity contribution in [2.45, 2.75) is 13.8 Å². The summed E-state index contributed by atoms with van der Waals surface area (Å²) in [6, 6.07) is 9.59. The fourth-order valence-electron chi connectivity index (χ4n) is 3.19. The van der Waals surface area contributed by atoms with E-state index in [1.165, 1.54) is 0 Å². The van der Waals surface area contributed by atoms with Gasteiger partial charge in [0.15, 0.2) is 5.65 Å². The average molecular weight is 336 g/mol. The molecule has 7 heteroatoms. The molecule has 1 fully saturated rings. The van der Waals surface area contributed by atoms with Crippen LogP contribution in [0, 0.1) is 13.8 Å². The van der Waals surface area contributed by atoms with Gasteiger partial charge in [0.1, 0.15) is 11.5 Å². The third-order valence-corrected chi connectivity index (χ3v) is 4.49. The lowest BCUT2D eigenvalue weighted by Gasteiger charge is -2.35. The Hall–Kier alpha value is -2.96.